The molecule has 0 amide bonds. The van der Waals surface area contributed by atoms with E-state index in [0.29, 0.717) is 0 Å². The molecule has 27 heavy (non-hydrogen) atoms. The van der Waals surface area contributed by atoms with E-state index in [1.54, 1.807) is 11.1 Å². The quantitative estimate of drug-likeness (QED) is 0.620. The number of nitrogens with zero attached hydrogens (tertiary/aromatic N) is 2. The summed E-state index contributed by atoms with van der Waals surface area (Å²) in [5.41, 5.74) is 8.88. The zero-order valence-electron chi connectivity index (χ0n) is 17.7. The number of piperazine rings is 1. The lowest BCUT2D eigenvalue weighted by molar-refractivity contribution is 0.255. The summed E-state index contributed by atoms with van der Waals surface area (Å²) < 4.78 is 0. The molecule has 1 aromatic carbocycles. The van der Waals surface area contributed by atoms with Gasteiger partial charge in [-0.2, -0.15) is 0 Å². The van der Waals surface area contributed by atoms with Crippen molar-refractivity contribution < 1.29 is 0 Å². The van der Waals surface area contributed by atoms with Crippen LogP contribution in [0.2, 0.25) is 0 Å². The van der Waals surface area contributed by atoms with Crippen LogP contribution in [-0.4, -0.2) is 37.6 Å². The molecule has 1 saturated heterocycles. The van der Waals surface area contributed by atoms with Crippen molar-refractivity contribution in [2.24, 2.45) is 0 Å². The van der Waals surface area contributed by atoms with E-state index in [-0.39, 0.29) is 0 Å². The summed E-state index contributed by atoms with van der Waals surface area (Å²) in [7, 11) is 0. The fourth-order valence-electron chi connectivity index (χ4n) is 4.24. The summed E-state index contributed by atoms with van der Waals surface area (Å²) in [6.07, 6.45) is 9.68. The second-order valence-corrected chi connectivity index (χ2v) is 8.27. The molecule has 2 aliphatic rings. The molecule has 0 N–H and O–H groups in total. The zero-order chi connectivity index (χ0) is 19.2. The third-order valence-corrected chi connectivity index (χ3v) is 6.13. The van der Waals surface area contributed by atoms with E-state index in [1.165, 1.54) is 67.7 Å². The molecule has 1 aromatic rings. The topological polar surface area (TPSA) is 6.48 Å². The third kappa shape index (κ3) is 5.35. The molecule has 0 aromatic heterocycles. The molecule has 2 heteroatoms. The van der Waals surface area contributed by atoms with Gasteiger partial charge >= 0.3 is 0 Å². The van der Waals surface area contributed by atoms with E-state index < -0.39 is 0 Å². The minimum Gasteiger partial charge on any atom is -0.369 e. The van der Waals surface area contributed by atoms with Gasteiger partial charge in [-0.3, -0.25) is 4.90 Å². The minimum absolute atomic E-state index is 1.14. The SMILES string of the molecule is C/C=C(/CCCN1CCN(c2ccc(C)cc2)CC1)C1=C(C)CCC(C)=C1. The smallest absolute Gasteiger partial charge is 0.0367 e. The van der Waals surface area contributed by atoms with Crippen LogP contribution in [0, 0.1) is 6.92 Å². The lowest BCUT2D eigenvalue weighted by atomic mass is 9.88. The van der Waals surface area contributed by atoms with Crippen LogP contribution >= 0.6 is 0 Å². The Hall–Kier alpha value is -1.80. The van der Waals surface area contributed by atoms with Crippen LogP contribution in [0.5, 0.6) is 0 Å². The highest BCUT2D eigenvalue weighted by Crippen LogP contribution is 2.30. The van der Waals surface area contributed by atoms with Crippen LogP contribution < -0.4 is 4.90 Å². The first-order chi connectivity index (χ1) is 13.1. The molecule has 0 unspecified atom stereocenters. The van der Waals surface area contributed by atoms with Gasteiger partial charge in [0.25, 0.3) is 0 Å². The molecule has 0 bridgehead atoms. The van der Waals surface area contributed by atoms with Gasteiger partial charge in [0, 0.05) is 31.9 Å². The summed E-state index contributed by atoms with van der Waals surface area (Å²) in [5, 5.41) is 0. The maximum absolute atomic E-state index is 2.64. The Morgan fingerprint density at radius 1 is 0.963 bits per heavy atom. The van der Waals surface area contributed by atoms with E-state index in [1.807, 2.05) is 0 Å². The van der Waals surface area contributed by atoms with Crippen LogP contribution in [0.3, 0.4) is 0 Å². The highest BCUT2D eigenvalue weighted by molar-refractivity contribution is 5.48. The molecule has 0 saturated carbocycles. The van der Waals surface area contributed by atoms with E-state index in [2.05, 4.69) is 73.9 Å². The van der Waals surface area contributed by atoms with E-state index in [9.17, 15) is 0 Å². The molecule has 146 valence electrons. The normalized spacial score (nSPS) is 19.5. The lowest BCUT2D eigenvalue weighted by Crippen LogP contribution is -2.46. The van der Waals surface area contributed by atoms with Crippen LogP contribution in [0.1, 0.15) is 52.0 Å². The number of benzene rings is 1. The number of aryl methyl sites for hydroxylation is 1. The molecule has 0 spiro atoms. The van der Waals surface area contributed by atoms with Gasteiger partial charge in [-0.05, 0) is 83.2 Å². The Morgan fingerprint density at radius 3 is 2.33 bits per heavy atom. The Morgan fingerprint density at radius 2 is 1.67 bits per heavy atom. The van der Waals surface area contributed by atoms with Gasteiger partial charge in [-0.25, -0.2) is 0 Å². The molecule has 3 rings (SSSR count). The average Bonchev–Trinajstić information content (AvgIpc) is 2.69. The molecule has 1 fully saturated rings. The van der Waals surface area contributed by atoms with Crippen molar-refractivity contribution in [2.75, 3.05) is 37.6 Å². The number of hydrogen-bond acceptors (Lipinski definition) is 2. The van der Waals surface area contributed by atoms with Gasteiger partial charge in [0.2, 0.25) is 0 Å². The summed E-state index contributed by atoms with van der Waals surface area (Å²) in [6.45, 7) is 14.8. The molecule has 0 atom stereocenters. The Balaban J connectivity index is 1.45. The second kappa shape index (κ2) is 9.41. The van der Waals surface area contributed by atoms with Crippen molar-refractivity contribution in [3.63, 3.8) is 0 Å². The van der Waals surface area contributed by atoms with Gasteiger partial charge in [-0.1, -0.05) is 41.0 Å². The predicted molar refractivity (Wildman–Crippen MR) is 119 cm³/mol. The number of rotatable bonds is 6. The van der Waals surface area contributed by atoms with Crippen molar-refractivity contribution in [1.29, 1.82) is 0 Å². The molecule has 1 aliphatic carbocycles. The highest BCUT2D eigenvalue weighted by Gasteiger charge is 2.17. The second-order valence-electron chi connectivity index (χ2n) is 8.27. The minimum atomic E-state index is 1.14. The van der Waals surface area contributed by atoms with Crippen LogP contribution in [0.15, 0.2) is 58.7 Å². The maximum atomic E-state index is 2.64. The van der Waals surface area contributed by atoms with Gasteiger partial charge in [-0.15, -0.1) is 0 Å². The zero-order valence-corrected chi connectivity index (χ0v) is 17.7. The van der Waals surface area contributed by atoms with Crippen molar-refractivity contribution >= 4 is 5.69 Å². The number of hydrogen-bond donors (Lipinski definition) is 0. The largest absolute Gasteiger partial charge is 0.369 e. The predicted octanol–water partition coefficient (Wildman–Crippen LogP) is 5.90. The third-order valence-electron chi connectivity index (χ3n) is 6.13. The number of anilines is 1. The summed E-state index contributed by atoms with van der Waals surface area (Å²) in [5.74, 6) is 0. The average molecular weight is 365 g/mol. The van der Waals surface area contributed by atoms with Gasteiger partial charge in [0.15, 0.2) is 0 Å². The van der Waals surface area contributed by atoms with E-state index in [0.717, 1.165) is 13.1 Å². The summed E-state index contributed by atoms with van der Waals surface area (Å²) >= 11 is 0. The number of allylic oxidation sites excluding steroid dienone is 6. The fraction of sp³-hybridized carbons (Fsp3) is 0.520. The van der Waals surface area contributed by atoms with Crippen molar-refractivity contribution in [1.82, 2.24) is 4.90 Å². The Kier molecular flexibility index (Phi) is 6.95. The van der Waals surface area contributed by atoms with Crippen LogP contribution in [-0.2, 0) is 0 Å². The highest BCUT2D eigenvalue weighted by atomic mass is 15.3. The van der Waals surface area contributed by atoms with Gasteiger partial charge in [0.1, 0.15) is 0 Å². The van der Waals surface area contributed by atoms with Gasteiger partial charge < -0.3 is 4.90 Å². The molecule has 1 aliphatic heterocycles. The fourth-order valence-corrected chi connectivity index (χ4v) is 4.24. The summed E-state index contributed by atoms with van der Waals surface area (Å²) in [6, 6.07) is 8.97. The summed E-state index contributed by atoms with van der Waals surface area (Å²) in [4.78, 5) is 5.16. The molecular formula is C25H36N2. The Bertz CT molecular complexity index is 713. The van der Waals surface area contributed by atoms with Crippen molar-refractivity contribution in [2.45, 2.75) is 53.4 Å². The molecule has 2 nitrogen and oxygen atoms in total. The monoisotopic (exact) mass is 364 g/mol. The van der Waals surface area contributed by atoms with Crippen LogP contribution in [0.4, 0.5) is 5.69 Å². The first kappa shape index (κ1) is 19.9. The van der Waals surface area contributed by atoms with Gasteiger partial charge in [0.05, 0.1) is 0 Å². The lowest BCUT2D eigenvalue weighted by Gasteiger charge is -2.36. The van der Waals surface area contributed by atoms with Crippen molar-refractivity contribution in [3.05, 3.63) is 64.3 Å². The Labute approximate surface area is 166 Å². The van der Waals surface area contributed by atoms with Crippen LogP contribution in [0.25, 0.3) is 0 Å². The standard InChI is InChI=1S/C25H36N2/c1-5-23(25-19-21(3)8-11-22(25)4)7-6-14-26-15-17-27(18-16-26)24-12-9-20(2)10-13-24/h5,9-10,12-13,19H,6-8,11,14-18H2,1-4H3/b23-5-. The maximum Gasteiger partial charge on any atom is 0.0367 e. The molecule has 1 heterocycles. The van der Waals surface area contributed by atoms with E-state index in [4.69, 9.17) is 0 Å². The van der Waals surface area contributed by atoms with Crippen molar-refractivity contribution in [3.8, 4) is 0 Å². The first-order valence-electron chi connectivity index (χ1n) is 10.6. The molecular weight excluding hydrogens is 328 g/mol. The van der Waals surface area contributed by atoms with E-state index >= 15 is 0 Å². The first-order valence-corrected chi connectivity index (χ1v) is 10.6. The molecule has 0 radical (unpaired) electrons.